The summed E-state index contributed by atoms with van der Waals surface area (Å²) in [7, 11) is 0. The summed E-state index contributed by atoms with van der Waals surface area (Å²) in [6.45, 7) is 3.18. The van der Waals surface area contributed by atoms with E-state index in [9.17, 15) is 22.4 Å². The molecule has 4 aromatic rings. The van der Waals surface area contributed by atoms with Crippen LogP contribution in [0.25, 0.3) is 16.8 Å². The topological polar surface area (TPSA) is 86.2 Å². The highest BCUT2D eigenvalue weighted by Gasteiger charge is 2.32. The number of hydrogen-bond donors (Lipinski definition) is 1. The molecular weight excluding hydrogens is 438 g/mol. The fraction of sp³-hybridized carbons (Fsp3) is 0.217. The average Bonchev–Trinajstić information content (AvgIpc) is 3.12. The first-order chi connectivity index (χ1) is 15.5. The molecule has 0 fully saturated rings. The zero-order valence-electron chi connectivity index (χ0n) is 17.7. The lowest BCUT2D eigenvalue weighted by Gasteiger charge is -2.16. The maximum absolute atomic E-state index is 14.2. The van der Waals surface area contributed by atoms with Crippen LogP contribution in [-0.4, -0.2) is 25.4 Å². The molecule has 2 N–H and O–H groups in total. The molecule has 0 bridgehead atoms. The number of pyridine rings is 2. The third-order valence-corrected chi connectivity index (χ3v) is 5.42. The standard InChI is InChI=1S/C23H19F4N5O/c1-12(17-10-16(23(25,26)27)3-4-19(17)24)7-20(33)18-8-15(11-29-13(18)2)14-5-6-32-21(9-14)30-22(28)31-32/h3-6,8-12H,7H2,1-2H3,(H2,28,31). The van der Waals surface area contributed by atoms with Gasteiger partial charge in [-0.3, -0.25) is 9.78 Å². The number of hydrogen-bond acceptors (Lipinski definition) is 5. The van der Waals surface area contributed by atoms with Crippen LogP contribution in [0, 0.1) is 12.7 Å². The van der Waals surface area contributed by atoms with E-state index in [1.54, 1.807) is 37.5 Å². The molecule has 0 saturated carbocycles. The van der Waals surface area contributed by atoms with Crippen molar-refractivity contribution in [2.75, 3.05) is 5.73 Å². The van der Waals surface area contributed by atoms with Crippen LogP contribution in [0.3, 0.4) is 0 Å². The van der Waals surface area contributed by atoms with Crippen molar-refractivity contribution in [2.45, 2.75) is 32.4 Å². The van der Waals surface area contributed by atoms with Crippen LogP contribution in [0.4, 0.5) is 23.5 Å². The molecule has 0 spiro atoms. The van der Waals surface area contributed by atoms with Crippen LogP contribution in [-0.2, 0) is 6.18 Å². The number of nitrogen functional groups attached to an aromatic ring is 1. The molecule has 0 saturated heterocycles. The third-order valence-electron chi connectivity index (χ3n) is 5.42. The molecule has 1 aromatic carbocycles. The number of anilines is 1. The minimum Gasteiger partial charge on any atom is -0.366 e. The van der Waals surface area contributed by atoms with Crippen molar-refractivity contribution in [3.05, 3.63) is 77.0 Å². The third kappa shape index (κ3) is 4.55. The normalized spacial score (nSPS) is 12.8. The molecule has 0 aliphatic carbocycles. The van der Waals surface area contributed by atoms with Gasteiger partial charge in [-0.25, -0.2) is 8.91 Å². The van der Waals surface area contributed by atoms with Gasteiger partial charge in [0.25, 0.3) is 0 Å². The van der Waals surface area contributed by atoms with Gasteiger partial charge in [-0.1, -0.05) is 6.92 Å². The first-order valence-electron chi connectivity index (χ1n) is 10.0. The monoisotopic (exact) mass is 457 g/mol. The van der Waals surface area contributed by atoms with Gasteiger partial charge in [0.15, 0.2) is 11.4 Å². The molecule has 1 atom stereocenters. The number of ketones is 1. The molecule has 0 aliphatic rings. The van der Waals surface area contributed by atoms with Gasteiger partial charge in [0.05, 0.1) is 5.56 Å². The van der Waals surface area contributed by atoms with Crippen LogP contribution >= 0.6 is 0 Å². The van der Waals surface area contributed by atoms with Crippen molar-refractivity contribution < 1.29 is 22.4 Å². The van der Waals surface area contributed by atoms with E-state index in [0.717, 1.165) is 17.7 Å². The van der Waals surface area contributed by atoms with E-state index in [4.69, 9.17) is 5.73 Å². The Bertz CT molecular complexity index is 1360. The van der Waals surface area contributed by atoms with E-state index in [2.05, 4.69) is 15.1 Å². The van der Waals surface area contributed by atoms with E-state index >= 15 is 0 Å². The molecule has 33 heavy (non-hydrogen) atoms. The van der Waals surface area contributed by atoms with Gasteiger partial charge in [-0.2, -0.15) is 18.2 Å². The number of alkyl halides is 3. The van der Waals surface area contributed by atoms with Crippen molar-refractivity contribution in [3.8, 4) is 11.1 Å². The number of fused-ring (bicyclic) bond motifs is 1. The Labute approximate surface area is 186 Å². The first kappa shape index (κ1) is 22.4. The average molecular weight is 457 g/mol. The van der Waals surface area contributed by atoms with Gasteiger partial charge in [0, 0.05) is 35.6 Å². The molecule has 170 valence electrons. The maximum atomic E-state index is 14.2. The zero-order chi connectivity index (χ0) is 23.9. The Morgan fingerprint density at radius 2 is 1.91 bits per heavy atom. The van der Waals surface area contributed by atoms with Crippen LogP contribution in [0.1, 0.15) is 46.4 Å². The molecule has 0 amide bonds. The number of benzene rings is 1. The summed E-state index contributed by atoms with van der Waals surface area (Å²) in [6, 6.07) is 7.39. The van der Waals surface area contributed by atoms with Crippen molar-refractivity contribution >= 4 is 17.4 Å². The van der Waals surface area contributed by atoms with Crippen molar-refractivity contribution in [1.82, 2.24) is 19.6 Å². The molecular formula is C23H19F4N5O. The number of Topliss-reactive ketones (excluding diaryl/α,β-unsaturated/α-hetero) is 1. The van der Waals surface area contributed by atoms with Gasteiger partial charge >= 0.3 is 6.18 Å². The van der Waals surface area contributed by atoms with Crippen LogP contribution < -0.4 is 5.73 Å². The quantitative estimate of drug-likeness (QED) is 0.328. The molecule has 10 heteroatoms. The second-order valence-electron chi connectivity index (χ2n) is 7.81. The molecule has 0 radical (unpaired) electrons. The van der Waals surface area contributed by atoms with Gasteiger partial charge < -0.3 is 5.73 Å². The summed E-state index contributed by atoms with van der Waals surface area (Å²) < 4.78 is 54.9. The highest BCUT2D eigenvalue weighted by atomic mass is 19.4. The number of aryl methyl sites for hydroxylation is 1. The van der Waals surface area contributed by atoms with Crippen LogP contribution in [0.2, 0.25) is 0 Å². The highest BCUT2D eigenvalue weighted by Crippen LogP contribution is 2.33. The summed E-state index contributed by atoms with van der Waals surface area (Å²) in [5.74, 6) is -1.77. The van der Waals surface area contributed by atoms with Gasteiger partial charge in [-0.15, -0.1) is 5.10 Å². The largest absolute Gasteiger partial charge is 0.416 e. The van der Waals surface area contributed by atoms with Crippen LogP contribution in [0.15, 0.2) is 48.8 Å². The minimum absolute atomic E-state index is 0.126. The Balaban J connectivity index is 1.62. The fourth-order valence-electron chi connectivity index (χ4n) is 3.65. The summed E-state index contributed by atoms with van der Waals surface area (Å²) in [6.07, 6.45) is -1.50. The van der Waals surface area contributed by atoms with E-state index in [1.807, 2.05) is 0 Å². The smallest absolute Gasteiger partial charge is 0.366 e. The summed E-state index contributed by atoms with van der Waals surface area (Å²) in [5, 5.41) is 4.01. The predicted octanol–water partition coefficient (Wildman–Crippen LogP) is 5.22. The molecule has 6 nitrogen and oxygen atoms in total. The lowest BCUT2D eigenvalue weighted by molar-refractivity contribution is -0.137. The number of nitrogens with zero attached hydrogens (tertiary/aromatic N) is 4. The zero-order valence-corrected chi connectivity index (χ0v) is 17.7. The lowest BCUT2D eigenvalue weighted by atomic mass is 9.90. The predicted molar refractivity (Wildman–Crippen MR) is 114 cm³/mol. The maximum Gasteiger partial charge on any atom is 0.416 e. The number of rotatable bonds is 5. The second-order valence-corrected chi connectivity index (χ2v) is 7.81. The van der Waals surface area contributed by atoms with Gasteiger partial charge in [-0.05, 0) is 60.4 Å². The van der Waals surface area contributed by atoms with Gasteiger partial charge in [0.1, 0.15) is 5.82 Å². The molecule has 3 aromatic heterocycles. The Morgan fingerprint density at radius 1 is 1.15 bits per heavy atom. The number of carbonyl (C=O) groups excluding carboxylic acids is 1. The first-order valence-corrected chi connectivity index (χ1v) is 10.0. The van der Waals surface area contributed by atoms with Crippen molar-refractivity contribution in [2.24, 2.45) is 0 Å². The summed E-state index contributed by atoms with van der Waals surface area (Å²) in [5.41, 5.74) is 7.17. The van der Waals surface area contributed by atoms with E-state index in [0.29, 0.717) is 28.5 Å². The molecule has 0 aliphatic heterocycles. The van der Waals surface area contributed by atoms with Crippen LogP contribution in [0.5, 0.6) is 0 Å². The fourth-order valence-corrected chi connectivity index (χ4v) is 3.65. The number of aromatic nitrogens is 4. The van der Waals surface area contributed by atoms with E-state index in [1.165, 1.54) is 11.4 Å². The van der Waals surface area contributed by atoms with Crippen molar-refractivity contribution in [1.29, 1.82) is 0 Å². The van der Waals surface area contributed by atoms with E-state index in [-0.39, 0.29) is 23.7 Å². The van der Waals surface area contributed by atoms with Crippen molar-refractivity contribution in [3.63, 3.8) is 0 Å². The van der Waals surface area contributed by atoms with E-state index < -0.39 is 23.5 Å². The summed E-state index contributed by atoms with van der Waals surface area (Å²) in [4.78, 5) is 21.4. The molecule has 3 heterocycles. The number of halogens is 4. The lowest BCUT2D eigenvalue weighted by Crippen LogP contribution is -2.11. The highest BCUT2D eigenvalue weighted by molar-refractivity contribution is 5.98. The SMILES string of the molecule is Cc1ncc(-c2ccn3nc(N)nc3c2)cc1C(=O)CC(C)c1cc(C(F)(F)F)ccc1F. The summed E-state index contributed by atoms with van der Waals surface area (Å²) >= 11 is 0. The Morgan fingerprint density at radius 3 is 2.64 bits per heavy atom. The second kappa shape index (κ2) is 8.27. The number of carbonyl (C=O) groups is 1. The van der Waals surface area contributed by atoms with Gasteiger partial charge in [0.2, 0.25) is 5.95 Å². The molecule has 1 unspecified atom stereocenters. The number of nitrogens with two attached hydrogens (primary N) is 1. The Hall–Kier alpha value is -3.82. The Kier molecular flexibility index (Phi) is 5.61. The molecule has 4 rings (SSSR count). The minimum atomic E-state index is -4.60.